The van der Waals surface area contributed by atoms with Gasteiger partial charge in [0.2, 0.25) is 5.78 Å². The Morgan fingerprint density at radius 3 is 2.37 bits per heavy atom. The number of alkyl halides is 2. The number of ketones is 1. The molecule has 6 nitrogen and oxygen atoms in total. The minimum absolute atomic E-state index is 0.0463. The Morgan fingerprint density at radius 2 is 1.77 bits per heavy atom. The van der Waals surface area contributed by atoms with Gasteiger partial charge in [-0.1, -0.05) is 0 Å². The van der Waals surface area contributed by atoms with Gasteiger partial charge in [0.1, 0.15) is 5.75 Å². The summed E-state index contributed by atoms with van der Waals surface area (Å²) in [7, 11) is 0. The third kappa shape index (κ3) is 4.71. The number of aromatic nitrogens is 2. The molecule has 0 radical (unpaired) electrons. The molecule has 0 N–H and O–H groups in total. The number of carbonyl (C=O) groups is 2. The van der Waals surface area contributed by atoms with E-state index in [9.17, 15) is 18.4 Å². The fraction of sp³-hybridized carbons (Fsp3) is 0.227. The van der Waals surface area contributed by atoms with Crippen LogP contribution in [-0.2, 0) is 4.74 Å². The molecule has 2 aromatic heterocycles. The molecule has 0 bridgehead atoms. The summed E-state index contributed by atoms with van der Waals surface area (Å²) in [6.45, 7) is 2.08. The van der Waals surface area contributed by atoms with Crippen molar-refractivity contribution >= 4 is 11.8 Å². The summed E-state index contributed by atoms with van der Waals surface area (Å²) < 4.78 is 35.9. The number of ether oxygens (including phenoxy) is 2. The zero-order valence-electron chi connectivity index (χ0n) is 16.7. The number of carbonyl (C=O) groups excluding carboxylic acids is 2. The van der Waals surface area contributed by atoms with Gasteiger partial charge < -0.3 is 14.0 Å². The van der Waals surface area contributed by atoms with Crippen LogP contribution in [0.4, 0.5) is 8.78 Å². The van der Waals surface area contributed by atoms with Crippen molar-refractivity contribution in [2.45, 2.75) is 27.4 Å². The van der Waals surface area contributed by atoms with Crippen LogP contribution in [0.1, 0.15) is 37.8 Å². The maximum atomic E-state index is 12.6. The van der Waals surface area contributed by atoms with Crippen LogP contribution in [0.15, 0.2) is 48.7 Å². The number of benzene rings is 1. The first-order valence-corrected chi connectivity index (χ1v) is 9.13. The van der Waals surface area contributed by atoms with Crippen LogP contribution in [0.2, 0.25) is 0 Å². The predicted octanol–water partition coefficient (Wildman–Crippen LogP) is 4.44. The van der Waals surface area contributed by atoms with E-state index >= 15 is 0 Å². The molecule has 0 saturated carbocycles. The molecule has 3 aromatic rings. The van der Waals surface area contributed by atoms with E-state index in [1.54, 1.807) is 44.2 Å². The molecule has 0 fully saturated rings. The Hall–Kier alpha value is -3.55. The van der Waals surface area contributed by atoms with Gasteiger partial charge in [0.15, 0.2) is 6.61 Å². The molecule has 0 unspecified atom stereocenters. The molecule has 156 valence electrons. The molecule has 0 amide bonds. The van der Waals surface area contributed by atoms with Crippen molar-refractivity contribution in [1.29, 1.82) is 0 Å². The van der Waals surface area contributed by atoms with Gasteiger partial charge in [0.25, 0.3) is 0 Å². The number of pyridine rings is 1. The number of Topliss-reactive ketones (excluding diaryl/α,β-unsaturated/α-hetero) is 1. The molecule has 30 heavy (non-hydrogen) atoms. The largest absolute Gasteiger partial charge is 0.454 e. The second-order valence-corrected chi connectivity index (χ2v) is 6.68. The van der Waals surface area contributed by atoms with Crippen LogP contribution in [-0.4, -0.2) is 34.5 Å². The molecular formula is C22H20F2N2O4. The van der Waals surface area contributed by atoms with Crippen LogP contribution >= 0.6 is 0 Å². The van der Waals surface area contributed by atoms with Gasteiger partial charge in [0, 0.05) is 34.5 Å². The maximum absolute atomic E-state index is 12.6. The lowest BCUT2D eigenvalue weighted by Gasteiger charge is -2.11. The number of rotatable bonds is 7. The number of hydrogen-bond donors (Lipinski definition) is 0. The Morgan fingerprint density at radius 1 is 1.07 bits per heavy atom. The molecule has 2 heterocycles. The molecule has 0 atom stereocenters. The van der Waals surface area contributed by atoms with Crippen molar-refractivity contribution in [2.75, 3.05) is 6.61 Å². The lowest BCUT2D eigenvalue weighted by molar-refractivity contribution is -0.0498. The molecule has 0 saturated heterocycles. The first-order chi connectivity index (χ1) is 14.3. The van der Waals surface area contributed by atoms with Crippen LogP contribution in [0.5, 0.6) is 5.75 Å². The van der Waals surface area contributed by atoms with Crippen LogP contribution < -0.4 is 4.74 Å². The molecule has 3 rings (SSSR count). The number of aryl methyl sites for hydroxylation is 2. The topological polar surface area (TPSA) is 70.4 Å². The van der Waals surface area contributed by atoms with Crippen LogP contribution in [0.25, 0.3) is 5.69 Å². The van der Waals surface area contributed by atoms with E-state index in [4.69, 9.17) is 4.74 Å². The Labute approximate surface area is 172 Å². The van der Waals surface area contributed by atoms with Crippen molar-refractivity contribution < 1.29 is 27.8 Å². The summed E-state index contributed by atoms with van der Waals surface area (Å²) in [6, 6.07) is 11.1. The number of hydrogen-bond acceptors (Lipinski definition) is 5. The van der Waals surface area contributed by atoms with Crippen molar-refractivity contribution in [1.82, 2.24) is 9.55 Å². The van der Waals surface area contributed by atoms with Gasteiger partial charge in [-0.2, -0.15) is 8.78 Å². The summed E-state index contributed by atoms with van der Waals surface area (Å²) in [5.74, 6) is -0.926. The highest BCUT2D eigenvalue weighted by molar-refractivity contribution is 6.00. The van der Waals surface area contributed by atoms with E-state index in [-0.39, 0.29) is 17.1 Å². The van der Waals surface area contributed by atoms with Crippen molar-refractivity contribution in [3.63, 3.8) is 0 Å². The lowest BCUT2D eigenvalue weighted by atomic mass is 10.1. The smallest absolute Gasteiger partial charge is 0.387 e. The standard InChI is InChI=1S/C22H20F2N2O4/c1-13-4-5-16(11-25-13)21(28)29-12-20(27)19-10-14(2)26(15(19)3)17-6-8-18(9-7-17)30-22(23)24/h4-11,22H,12H2,1-3H3. The zero-order chi connectivity index (χ0) is 21.8. The second-order valence-electron chi connectivity index (χ2n) is 6.68. The van der Waals surface area contributed by atoms with E-state index in [1.165, 1.54) is 18.3 Å². The van der Waals surface area contributed by atoms with Crippen molar-refractivity contribution in [2.24, 2.45) is 0 Å². The quantitative estimate of drug-likeness (QED) is 0.422. The molecule has 0 aliphatic heterocycles. The van der Waals surface area contributed by atoms with E-state index in [0.717, 1.165) is 11.4 Å². The summed E-state index contributed by atoms with van der Waals surface area (Å²) in [6.07, 6.45) is 1.40. The maximum Gasteiger partial charge on any atom is 0.387 e. The van der Waals surface area contributed by atoms with Crippen LogP contribution in [0, 0.1) is 20.8 Å². The van der Waals surface area contributed by atoms with Crippen molar-refractivity contribution in [3.8, 4) is 11.4 Å². The average Bonchev–Trinajstić information content (AvgIpc) is 3.01. The molecule has 0 aliphatic carbocycles. The molecule has 0 spiro atoms. The third-order valence-electron chi connectivity index (χ3n) is 4.53. The summed E-state index contributed by atoms with van der Waals surface area (Å²) in [5, 5.41) is 0. The Kier molecular flexibility index (Phi) is 6.25. The van der Waals surface area contributed by atoms with E-state index in [2.05, 4.69) is 9.72 Å². The monoisotopic (exact) mass is 414 g/mol. The lowest BCUT2D eigenvalue weighted by Crippen LogP contribution is -2.15. The summed E-state index contributed by atoms with van der Waals surface area (Å²) in [4.78, 5) is 28.7. The highest BCUT2D eigenvalue weighted by Gasteiger charge is 2.19. The van der Waals surface area contributed by atoms with E-state index < -0.39 is 19.2 Å². The fourth-order valence-corrected chi connectivity index (χ4v) is 3.10. The van der Waals surface area contributed by atoms with Crippen LogP contribution in [0.3, 0.4) is 0 Å². The first-order valence-electron chi connectivity index (χ1n) is 9.13. The highest BCUT2D eigenvalue weighted by atomic mass is 19.3. The van der Waals surface area contributed by atoms with E-state index in [0.29, 0.717) is 16.9 Å². The number of halogens is 2. The summed E-state index contributed by atoms with van der Waals surface area (Å²) in [5.41, 5.74) is 3.55. The van der Waals surface area contributed by atoms with Crippen molar-refractivity contribution in [3.05, 3.63) is 76.9 Å². The first kappa shape index (κ1) is 21.2. The van der Waals surface area contributed by atoms with E-state index in [1.807, 2.05) is 11.5 Å². The number of nitrogens with zero attached hydrogens (tertiary/aromatic N) is 2. The van der Waals surface area contributed by atoms with Gasteiger partial charge in [-0.15, -0.1) is 0 Å². The highest BCUT2D eigenvalue weighted by Crippen LogP contribution is 2.24. The minimum atomic E-state index is -2.89. The third-order valence-corrected chi connectivity index (χ3v) is 4.53. The SMILES string of the molecule is Cc1ccc(C(=O)OCC(=O)c2cc(C)n(-c3ccc(OC(F)F)cc3)c2C)cn1. The normalized spacial score (nSPS) is 10.9. The predicted molar refractivity (Wildman–Crippen MR) is 105 cm³/mol. The Balaban J connectivity index is 1.73. The molecular weight excluding hydrogens is 394 g/mol. The minimum Gasteiger partial charge on any atom is -0.454 e. The fourth-order valence-electron chi connectivity index (χ4n) is 3.10. The van der Waals surface area contributed by atoms with Gasteiger partial charge in [-0.3, -0.25) is 9.78 Å². The second kappa shape index (κ2) is 8.86. The number of esters is 1. The summed E-state index contributed by atoms with van der Waals surface area (Å²) >= 11 is 0. The van der Waals surface area contributed by atoms with Gasteiger partial charge in [0.05, 0.1) is 5.56 Å². The van der Waals surface area contributed by atoms with Gasteiger partial charge >= 0.3 is 12.6 Å². The molecule has 1 aromatic carbocycles. The zero-order valence-corrected chi connectivity index (χ0v) is 16.7. The molecule has 0 aliphatic rings. The average molecular weight is 414 g/mol. The Bertz CT molecular complexity index is 1060. The van der Waals surface area contributed by atoms with Gasteiger partial charge in [-0.25, -0.2) is 4.79 Å². The molecule has 8 heteroatoms. The van der Waals surface area contributed by atoms with Gasteiger partial charge in [-0.05, 0) is 63.2 Å².